The van der Waals surface area contributed by atoms with Crippen LogP contribution in [0, 0.1) is 0 Å². The lowest BCUT2D eigenvalue weighted by Crippen LogP contribution is -2.39. The summed E-state index contributed by atoms with van der Waals surface area (Å²) in [7, 11) is 3.47. The lowest BCUT2D eigenvalue weighted by Gasteiger charge is -2.25. The molecule has 8 heteroatoms. The molecule has 0 radical (unpaired) electrons. The molecule has 0 spiro atoms. The fraction of sp³-hybridized carbons (Fsp3) is 0.881. The number of rotatable bonds is 34. The van der Waals surface area contributed by atoms with Crippen molar-refractivity contribution < 1.29 is 5.11 Å². The van der Waals surface area contributed by atoms with E-state index in [-0.39, 0.29) is 17.4 Å². The Hall–Kier alpha value is -1.93. The normalized spacial score (nSPS) is 12.5. The predicted molar refractivity (Wildman–Crippen MR) is 213 cm³/mol. The smallest absolute Gasteiger partial charge is 0.332 e. The highest BCUT2D eigenvalue weighted by Crippen LogP contribution is 2.15. The van der Waals surface area contributed by atoms with Gasteiger partial charge in [-0.25, -0.2) is 9.78 Å². The first-order valence-electron chi connectivity index (χ1n) is 21.4. The second-order valence-corrected chi connectivity index (χ2v) is 15.4. The summed E-state index contributed by atoms with van der Waals surface area (Å²) in [6.45, 7) is 8.14. The Morgan fingerprint density at radius 3 is 1.52 bits per heavy atom. The Labute approximate surface area is 306 Å². The quantitative estimate of drug-likeness (QED) is 0.0735. The van der Waals surface area contributed by atoms with Gasteiger partial charge in [-0.1, -0.05) is 168 Å². The first-order valence-corrected chi connectivity index (χ1v) is 21.4. The molecular weight excluding hydrogens is 622 g/mol. The Balaban J connectivity index is 1.60. The lowest BCUT2D eigenvalue weighted by atomic mass is 10.0. The number of fused-ring (bicyclic) bond motifs is 1. The lowest BCUT2D eigenvalue weighted by molar-refractivity contribution is 0.100. The van der Waals surface area contributed by atoms with Crippen molar-refractivity contribution >= 4 is 11.2 Å². The van der Waals surface area contributed by atoms with E-state index < -0.39 is 0 Å². The monoisotopic (exact) mass is 702 g/mol. The number of nitrogens with zero attached hydrogens (tertiary/aromatic N) is 5. The van der Waals surface area contributed by atoms with Crippen LogP contribution in [0.4, 0.5) is 0 Å². The molecule has 0 aromatic carbocycles. The van der Waals surface area contributed by atoms with Gasteiger partial charge in [-0.3, -0.25) is 13.9 Å². The molecule has 2 heterocycles. The molecule has 0 aliphatic heterocycles. The van der Waals surface area contributed by atoms with Crippen molar-refractivity contribution in [1.29, 1.82) is 0 Å². The third kappa shape index (κ3) is 18.5. The van der Waals surface area contributed by atoms with Gasteiger partial charge in [-0.15, -0.1) is 0 Å². The summed E-state index contributed by atoms with van der Waals surface area (Å²) in [6.07, 6.45) is 37.2. The maximum Gasteiger partial charge on any atom is 0.332 e. The van der Waals surface area contributed by atoms with Crippen molar-refractivity contribution in [1.82, 2.24) is 23.6 Å². The number of aryl methyl sites for hydroxylation is 2. The highest BCUT2D eigenvalue weighted by Gasteiger charge is 2.15. The first kappa shape index (κ1) is 44.2. The minimum Gasteiger partial charge on any atom is -0.392 e. The van der Waals surface area contributed by atoms with Gasteiger partial charge >= 0.3 is 5.69 Å². The topological polar surface area (TPSA) is 85.3 Å². The van der Waals surface area contributed by atoms with Crippen molar-refractivity contribution in [3.63, 3.8) is 0 Å². The molecular formula is C42H79N5O3. The van der Waals surface area contributed by atoms with Crippen molar-refractivity contribution in [3.05, 3.63) is 27.2 Å². The van der Waals surface area contributed by atoms with Crippen LogP contribution in [0.15, 0.2) is 15.9 Å². The third-order valence-electron chi connectivity index (χ3n) is 10.7. The molecule has 50 heavy (non-hydrogen) atoms. The first-order chi connectivity index (χ1) is 24.4. The molecule has 0 bridgehead atoms. The molecule has 1 unspecified atom stereocenters. The van der Waals surface area contributed by atoms with Gasteiger partial charge in [-0.2, -0.15) is 0 Å². The van der Waals surface area contributed by atoms with E-state index in [9.17, 15) is 14.7 Å². The number of hydrogen-bond donors (Lipinski definition) is 1. The second kappa shape index (κ2) is 28.6. The highest BCUT2D eigenvalue weighted by molar-refractivity contribution is 5.69. The Morgan fingerprint density at radius 2 is 1.04 bits per heavy atom. The molecule has 8 nitrogen and oxygen atoms in total. The zero-order valence-corrected chi connectivity index (χ0v) is 33.3. The molecule has 0 fully saturated rings. The van der Waals surface area contributed by atoms with Gasteiger partial charge in [-0.05, 0) is 38.8 Å². The molecule has 2 aromatic heterocycles. The summed E-state index contributed by atoms with van der Waals surface area (Å²) >= 11 is 0. The van der Waals surface area contributed by atoms with Gasteiger partial charge < -0.3 is 14.6 Å². The van der Waals surface area contributed by atoms with E-state index in [0.717, 1.165) is 64.6 Å². The van der Waals surface area contributed by atoms with E-state index >= 15 is 0 Å². The van der Waals surface area contributed by atoms with Crippen LogP contribution in [0.5, 0.6) is 0 Å². The van der Waals surface area contributed by atoms with Crippen LogP contribution in [0.25, 0.3) is 11.2 Å². The van der Waals surface area contributed by atoms with Crippen LogP contribution in [0.2, 0.25) is 0 Å². The summed E-state index contributed by atoms with van der Waals surface area (Å²) in [4.78, 5) is 32.4. The van der Waals surface area contributed by atoms with Crippen LogP contribution < -0.4 is 11.2 Å². The van der Waals surface area contributed by atoms with Gasteiger partial charge in [0.1, 0.15) is 0 Å². The maximum absolute atomic E-state index is 12.9. The minimum absolute atomic E-state index is 0.223. The average Bonchev–Trinajstić information content (AvgIpc) is 3.50. The van der Waals surface area contributed by atoms with Crippen LogP contribution >= 0.6 is 0 Å². The number of aliphatic hydroxyl groups is 1. The molecule has 1 N–H and O–H groups in total. The maximum atomic E-state index is 12.9. The van der Waals surface area contributed by atoms with Crippen molar-refractivity contribution in [2.75, 3.05) is 19.6 Å². The van der Waals surface area contributed by atoms with Crippen LogP contribution in [0.1, 0.15) is 194 Å². The van der Waals surface area contributed by atoms with E-state index in [4.69, 9.17) is 0 Å². The Morgan fingerprint density at radius 1 is 0.620 bits per heavy atom. The number of hydrogen-bond acceptors (Lipinski definition) is 5. The van der Waals surface area contributed by atoms with Crippen molar-refractivity contribution in [2.45, 2.75) is 206 Å². The summed E-state index contributed by atoms with van der Waals surface area (Å²) < 4.78 is 4.53. The summed E-state index contributed by atoms with van der Waals surface area (Å²) in [6, 6.07) is 0. The molecule has 0 saturated carbocycles. The van der Waals surface area contributed by atoms with E-state index in [1.54, 1.807) is 25.0 Å². The van der Waals surface area contributed by atoms with E-state index in [2.05, 4.69) is 23.7 Å². The van der Waals surface area contributed by atoms with Gasteiger partial charge in [0, 0.05) is 27.2 Å². The summed E-state index contributed by atoms with van der Waals surface area (Å²) in [5.74, 6) is 0. The number of aliphatic hydroxyl groups excluding tert-OH is 1. The third-order valence-corrected chi connectivity index (χ3v) is 10.7. The fourth-order valence-electron chi connectivity index (χ4n) is 7.46. The van der Waals surface area contributed by atoms with Crippen LogP contribution in [-0.2, 0) is 20.6 Å². The van der Waals surface area contributed by atoms with E-state index in [0.29, 0.717) is 17.7 Å². The van der Waals surface area contributed by atoms with Gasteiger partial charge in [0.2, 0.25) is 0 Å². The SMILES string of the molecule is CCCCCCCCCCCCN(CCCCCCCCCCCC)CC(O)CCCCCCCCCn1c(=O)c2c(ncn2C)n(C)c1=O. The van der Waals surface area contributed by atoms with Gasteiger partial charge in [0.05, 0.1) is 12.4 Å². The Bertz CT molecular complexity index is 1190. The molecule has 1 atom stereocenters. The van der Waals surface area contributed by atoms with Gasteiger partial charge in [0.25, 0.3) is 5.56 Å². The molecule has 290 valence electrons. The molecule has 0 saturated heterocycles. The predicted octanol–water partition coefficient (Wildman–Crippen LogP) is 10.1. The summed E-state index contributed by atoms with van der Waals surface area (Å²) in [5.41, 5.74) is 0.396. The van der Waals surface area contributed by atoms with E-state index in [1.165, 1.54) is 144 Å². The number of aromatic nitrogens is 4. The molecule has 0 aliphatic rings. The van der Waals surface area contributed by atoms with Crippen molar-refractivity contribution in [3.8, 4) is 0 Å². The highest BCUT2D eigenvalue weighted by atomic mass is 16.3. The molecule has 2 aromatic rings. The van der Waals surface area contributed by atoms with Gasteiger partial charge in [0.15, 0.2) is 11.2 Å². The number of unbranched alkanes of at least 4 members (excludes halogenated alkanes) is 24. The van der Waals surface area contributed by atoms with Crippen LogP contribution in [-0.4, -0.2) is 54.4 Å². The van der Waals surface area contributed by atoms with Crippen LogP contribution in [0.3, 0.4) is 0 Å². The standard InChI is InChI=1S/C42H79N5O3/c1-5-7-9-11-13-15-17-21-25-29-33-46(34-30-26-22-18-16-14-12-10-8-6-2)36-38(48)32-28-24-20-19-23-27-31-35-47-41(49)39-40(43-37-44(39)3)45(4)42(47)50/h37-38,48H,5-36H2,1-4H3. The average molecular weight is 702 g/mol. The largest absolute Gasteiger partial charge is 0.392 e. The number of imidazole rings is 1. The summed E-state index contributed by atoms with van der Waals surface area (Å²) in [5, 5.41) is 11.0. The van der Waals surface area contributed by atoms with E-state index in [1.807, 2.05) is 0 Å². The molecule has 0 amide bonds. The van der Waals surface area contributed by atoms with Crippen molar-refractivity contribution in [2.24, 2.45) is 14.1 Å². The second-order valence-electron chi connectivity index (χ2n) is 15.4. The zero-order valence-electron chi connectivity index (χ0n) is 33.3. The minimum atomic E-state index is -0.287. The zero-order chi connectivity index (χ0) is 36.2. The Kier molecular flexibility index (Phi) is 25.3. The fourth-order valence-corrected chi connectivity index (χ4v) is 7.46. The molecule has 0 aliphatic carbocycles. The molecule has 2 rings (SSSR count).